The van der Waals surface area contributed by atoms with Gasteiger partial charge in [-0.25, -0.2) is 15.0 Å². The summed E-state index contributed by atoms with van der Waals surface area (Å²) in [4.78, 5) is 191. The van der Waals surface area contributed by atoms with Gasteiger partial charge in [0.25, 0.3) is 47.3 Å². The number of aromatic hydroxyl groups is 1. The fourth-order valence-electron chi connectivity index (χ4n) is 13.5. The number of rotatable bonds is 35. The molecule has 1 aliphatic heterocycles. The van der Waals surface area contributed by atoms with E-state index in [0.717, 1.165) is 23.9 Å². The number of alkyl halides is 1. The van der Waals surface area contributed by atoms with Crippen molar-refractivity contribution >= 4 is 145 Å². The number of carbonyl (C=O) groups is 13. The van der Waals surface area contributed by atoms with Gasteiger partial charge in [-0.1, -0.05) is 24.3 Å². The van der Waals surface area contributed by atoms with E-state index in [2.05, 4.69) is 78.8 Å². The molecule has 0 spiro atoms. The lowest BCUT2D eigenvalue weighted by atomic mass is 9.95. The van der Waals surface area contributed by atoms with Gasteiger partial charge in [0.2, 0.25) is 41.2 Å². The molecule has 41 heteroatoms. The lowest BCUT2D eigenvalue weighted by Crippen LogP contribution is -3.05. The number of aryl methyl sites for hydroxylation is 8. The second kappa shape index (κ2) is 38.8. The zero-order valence-electron chi connectivity index (χ0n) is 66.9. The Balaban J connectivity index is 0.0000149. The molecule has 10 aromatic rings. The Bertz CT molecular complexity index is 5560. The molecule has 119 heavy (non-hydrogen) atoms. The van der Waals surface area contributed by atoms with Crippen molar-refractivity contribution in [1.82, 2.24) is 78.1 Å². The van der Waals surface area contributed by atoms with Crippen LogP contribution in [0.25, 0.3) is 10.8 Å². The minimum atomic E-state index is -1.36. The summed E-state index contributed by atoms with van der Waals surface area (Å²) in [6.45, 7) is 1.61. The van der Waals surface area contributed by atoms with Gasteiger partial charge >= 0.3 is 0 Å². The number of hydrogen-bond acceptors (Lipinski definition) is 17. The quantitative estimate of drug-likeness (QED) is 0.0184. The minimum absolute atomic E-state index is 0. The summed E-state index contributed by atoms with van der Waals surface area (Å²) in [7, 11) is 16.7. The molecule has 0 radical (unpaired) electrons. The van der Waals surface area contributed by atoms with Crippen LogP contribution in [0.2, 0.25) is 0 Å². The van der Waals surface area contributed by atoms with Crippen LogP contribution in [0, 0.1) is 0 Å². The predicted molar refractivity (Wildman–Crippen MR) is 437 cm³/mol. The Morgan fingerprint density at radius 2 is 0.908 bits per heavy atom. The van der Waals surface area contributed by atoms with Crippen molar-refractivity contribution in [2.75, 3.05) is 101 Å². The fraction of sp³-hybridized carbons (Fsp3) is 0.333. The molecule has 0 unspecified atom stereocenters. The third-order valence-electron chi connectivity index (χ3n) is 19.4. The van der Waals surface area contributed by atoms with Crippen LogP contribution in [0.15, 0.2) is 116 Å². The van der Waals surface area contributed by atoms with Crippen LogP contribution < -0.4 is 86.0 Å². The van der Waals surface area contributed by atoms with E-state index >= 15 is 0 Å². The van der Waals surface area contributed by atoms with Crippen molar-refractivity contribution in [3.63, 3.8) is 0 Å². The summed E-state index contributed by atoms with van der Waals surface area (Å²) in [5.74, 6) is -7.20. The van der Waals surface area contributed by atoms with Crippen LogP contribution in [0.3, 0.4) is 0 Å². The molecule has 39 nitrogen and oxygen atoms in total. The third-order valence-corrected chi connectivity index (χ3v) is 19.8. The van der Waals surface area contributed by atoms with Gasteiger partial charge in [-0.05, 0) is 54.1 Å². The number of aromatic nitrogens is 11. The third kappa shape index (κ3) is 21.6. The molecule has 13 amide bonds. The van der Waals surface area contributed by atoms with Crippen molar-refractivity contribution in [3.05, 3.63) is 168 Å². The van der Waals surface area contributed by atoms with E-state index in [1.165, 1.54) is 122 Å². The highest BCUT2D eigenvalue weighted by molar-refractivity contribution is 6.19. The van der Waals surface area contributed by atoms with Crippen molar-refractivity contribution in [1.29, 1.82) is 0 Å². The molecule has 2 aromatic carbocycles. The lowest BCUT2D eigenvalue weighted by molar-refractivity contribution is -0.858. The number of fused-ring (bicyclic) bond motifs is 3. The molecule has 11 rings (SSSR count). The number of carbonyl (C=O) groups excluding carboxylic acids is 13. The largest absolute Gasteiger partial charge is 1.00 e. The molecule has 0 saturated heterocycles. The Kier molecular flexibility index (Phi) is 28.5. The first-order valence-electron chi connectivity index (χ1n) is 37.6. The highest BCUT2D eigenvalue weighted by Gasteiger charge is 2.35. The Morgan fingerprint density at radius 3 is 1.39 bits per heavy atom. The molecule has 9 heterocycles. The van der Waals surface area contributed by atoms with Gasteiger partial charge in [-0.15, -0.1) is 11.6 Å². The summed E-state index contributed by atoms with van der Waals surface area (Å²) < 4.78 is 11.7. The maximum Gasteiger partial charge on any atom is 0.292 e. The molecule has 628 valence electrons. The first kappa shape index (κ1) is 87.6. The average Bonchev–Trinajstić information content (AvgIpc) is 1.63. The van der Waals surface area contributed by atoms with Crippen molar-refractivity contribution in [2.24, 2.45) is 56.4 Å². The van der Waals surface area contributed by atoms with Gasteiger partial charge in [0.05, 0.1) is 54.8 Å². The highest BCUT2D eigenvalue weighted by atomic mass is 35.5. The van der Waals surface area contributed by atoms with Gasteiger partial charge in [-0.3, -0.25) is 62.3 Å². The molecular weight excluding hydrogens is 1580 g/mol. The molecule has 1 aliphatic rings. The average molecular weight is 1680 g/mol. The van der Waals surface area contributed by atoms with E-state index in [0.29, 0.717) is 29.9 Å². The van der Waals surface area contributed by atoms with Crippen molar-refractivity contribution < 1.29 is 84.7 Å². The normalized spacial score (nSPS) is 12.4. The Labute approximate surface area is 692 Å². The van der Waals surface area contributed by atoms with Gasteiger partial charge in [-0.2, -0.15) is 0 Å². The summed E-state index contributed by atoms with van der Waals surface area (Å²) in [5.41, 5.74) is 3.31. The van der Waals surface area contributed by atoms with E-state index in [4.69, 9.17) is 11.6 Å². The first-order valence-corrected chi connectivity index (χ1v) is 38.2. The second-order valence-corrected chi connectivity index (χ2v) is 29.1. The predicted octanol–water partition coefficient (Wildman–Crippen LogP) is 0.0161. The van der Waals surface area contributed by atoms with E-state index in [9.17, 15) is 67.4 Å². The summed E-state index contributed by atoms with van der Waals surface area (Å²) in [6.07, 6.45) is 13.7. The number of phenols is 1. The smallest absolute Gasteiger partial charge is 0.292 e. The van der Waals surface area contributed by atoms with Gasteiger partial charge in [0, 0.05) is 200 Å². The monoisotopic (exact) mass is 1670 g/mol. The first-order chi connectivity index (χ1) is 56.3. The van der Waals surface area contributed by atoms with Crippen LogP contribution >= 0.6 is 11.6 Å². The number of amides is 13. The molecule has 0 fully saturated rings. The number of anilines is 8. The maximum atomic E-state index is 14.3. The molecule has 8 aromatic heterocycles. The number of phenolic OH excluding ortho intramolecular Hbond substituents is 1. The fourth-order valence-corrected chi connectivity index (χ4v) is 13.8. The van der Waals surface area contributed by atoms with Gasteiger partial charge < -0.3 is 128 Å². The van der Waals surface area contributed by atoms with Gasteiger partial charge in [0.15, 0.2) is 17.5 Å². The van der Waals surface area contributed by atoms with Gasteiger partial charge in [0.1, 0.15) is 40.3 Å². The van der Waals surface area contributed by atoms with Crippen LogP contribution in [0.5, 0.6) is 5.75 Å². The number of nitrogens with zero attached hydrogens (tertiary/aromatic N) is 12. The summed E-state index contributed by atoms with van der Waals surface area (Å²) in [6, 6.07) is 14.7. The summed E-state index contributed by atoms with van der Waals surface area (Å²) >= 11 is 6.38. The number of hydrogen-bond donors (Lipinski definition) is 14. The van der Waals surface area contributed by atoms with Crippen LogP contribution in [0.1, 0.15) is 141 Å². The number of nitrogens with one attached hydrogen (secondary N) is 13. The van der Waals surface area contributed by atoms with Crippen molar-refractivity contribution in [3.8, 4) is 5.75 Å². The number of quaternary nitrogens is 1. The highest BCUT2D eigenvalue weighted by Crippen LogP contribution is 2.45. The van der Waals surface area contributed by atoms with Crippen LogP contribution in [-0.2, 0) is 80.4 Å². The molecule has 0 bridgehead atoms. The molecule has 0 saturated carbocycles. The van der Waals surface area contributed by atoms with Crippen LogP contribution in [-0.4, -0.2) is 199 Å². The van der Waals surface area contributed by atoms with Crippen molar-refractivity contribution in [2.45, 2.75) is 56.9 Å². The summed E-state index contributed by atoms with van der Waals surface area (Å²) in [5, 5.41) is 45.0. The second-order valence-electron chi connectivity index (χ2n) is 28.8. The lowest BCUT2D eigenvalue weighted by Gasteiger charge is -2.19. The van der Waals surface area contributed by atoms with E-state index in [1.54, 1.807) is 78.8 Å². The Hall–Kier alpha value is -13.8. The SMILES string of the molecule is Cn1cc(NC(=O)c2cc(NC(=O)c3cc(NC(=O)c4nc(NC(=O)[C@@H](CCNC(=O)c5cc(NC(=O)c6cc(NC(=O)c7nc(NC(=O)c8nccn8C)cn7C)cn6C)cn5C)NC(=O)CCCC(=O)NCCC(=O)N5C[C@H](CCl)c6c5cc(O)c5ccccc65)cn4C)cn3C)cn2C)cc1C(=O)NCCC(=O)NCCC[NH+](C)C.[Cl-]. The minimum Gasteiger partial charge on any atom is -1.00 e. The molecule has 2 atom stereocenters. The zero-order chi connectivity index (χ0) is 84.9. The maximum absolute atomic E-state index is 14.3. The van der Waals surface area contributed by atoms with E-state index in [1.807, 2.05) is 32.3 Å². The molecule has 0 aliphatic carbocycles. The standard InChI is InChI=1S/C78H92ClN25O14.ClH/c1-95(2)27-14-22-80-63(107)20-24-84-72(112)55-30-46(38-98(55)5)85-73(113)56-31-47(39-99(56)6)87-75(115)58-33-48(40-101(58)8)88-77(117)68-91-60(42-102(68)9)93-70(110)52(90-64(108)18-13-17-62(106)81-25-21-65(109)104-36-44(35-79)66-51-16-12-11-15-50(51)59(105)34-53(66)104)19-23-83-71(111)54-29-45(37-97(54)4)86-74(114)57-32-49(41-100(57)7)89-78(118)69-92-61(43-103(69)10)94-76(116)67-82-26-28-96(67)3;/h11-12,15-16,26,28-34,37-44,52,105H,13-14,17-25,27,35-36H2,1-10H3,(H,80,107)(H,81,106)(H,83,111)(H,84,112)(H,85,113)(H,86,114)(H,87,115)(H,88,117)(H,89,118)(H,90,108)(H,93,110)(H,94,116);1H/t44-,52+;/m0./s1. The zero-order valence-corrected chi connectivity index (χ0v) is 68.4. The van der Waals surface area contributed by atoms with E-state index in [-0.39, 0.29) is 180 Å². The van der Waals surface area contributed by atoms with E-state index < -0.39 is 71.0 Å². The molecule has 14 N–H and O–H groups in total. The Morgan fingerprint density at radius 1 is 0.471 bits per heavy atom. The van der Waals surface area contributed by atoms with Crippen LogP contribution in [0.4, 0.5) is 45.8 Å². The topological polar surface area (TPSA) is 472 Å². The number of halogens is 2. The number of benzene rings is 2. The molecular formula is C78H93Cl2N25O14. The number of imidazole rings is 3.